The van der Waals surface area contributed by atoms with Gasteiger partial charge in [-0.1, -0.05) is 25.8 Å². The van der Waals surface area contributed by atoms with Crippen LogP contribution in [0.3, 0.4) is 0 Å². The molecule has 0 aliphatic heterocycles. The lowest BCUT2D eigenvalue weighted by Crippen LogP contribution is -2.46. The summed E-state index contributed by atoms with van der Waals surface area (Å²) < 4.78 is 2.15. The summed E-state index contributed by atoms with van der Waals surface area (Å²) in [6.07, 6.45) is 7.10. The van der Waals surface area contributed by atoms with E-state index in [1.54, 1.807) is 0 Å². The summed E-state index contributed by atoms with van der Waals surface area (Å²) >= 11 is 0. The van der Waals surface area contributed by atoms with E-state index in [1.165, 1.54) is 25.0 Å². The van der Waals surface area contributed by atoms with Crippen molar-refractivity contribution in [1.29, 1.82) is 0 Å². The minimum absolute atomic E-state index is 0.0767. The molecule has 1 aromatic rings. The smallest absolute Gasteiger partial charge is 0.206 e. The maximum atomic E-state index is 5.88. The molecule has 1 unspecified atom stereocenters. The number of hydrogen-bond acceptors (Lipinski definition) is 1. The molecule has 0 amide bonds. The monoisotopic (exact) mass is 193 g/mol. The maximum absolute atomic E-state index is 5.88. The summed E-state index contributed by atoms with van der Waals surface area (Å²) in [6.45, 7) is 4.24. The second-order valence-corrected chi connectivity index (χ2v) is 3.80. The molecule has 0 aliphatic carbocycles. The zero-order valence-electron chi connectivity index (χ0n) is 9.24. The molecule has 14 heavy (non-hydrogen) atoms. The molecule has 2 N–H and O–H groups in total. The molecular formula is C12H21N2+. The Kier molecular flexibility index (Phi) is 4.60. The lowest BCUT2D eigenvalue weighted by molar-refractivity contribution is -0.725. The van der Waals surface area contributed by atoms with Gasteiger partial charge in [0.1, 0.15) is 0 Å². The number of pyridine rings is 1. The van der Waals surface area contributed by atoms with Crippen molar-refractivity contribution in [2.24, 2.45) is 5.73 Å². The molecule has 2 nitrogen and oxygen atoms in total. The molecular weight excluding hydrogens is 172 g/mol. The molecule has 2 heteroatoms. The van der Waals surface area contributed by atoms with Gasteiger partial charge in [-0.3, -0.25) is 5.73 Å². The predicted molar refractivity (Wildman–Crippen MR) is 58.8 cm³/mol. The number of nitrogens with two attached hydrogens (primary N) is 1. The molecule has 0 spiro atoms. The number of unbranched alkanes of at least 4 members (excludes halogenated alkanes) is 2. The van der Waals surface area contributed by atoms with Gasteiger partial charge in [-0.05, 0) is 6.42 Å². The molecule has 0 fully saturated rings. The van der Waals surface area contributed by atoms with E-state index >= 15 is 0 Å². The van der Waals surface area contributed by atoms with Crippen molar-refractivity contribution in [3.8, 4) is 0 Å². The highest BCUT2D eigenvalue weighted by molar-refractivity contribution is 4.97. The largest absolute Gasteiger partial charge is 0.273 e. The van der Waals surface area contributed by atoms with Crippen LogP contribution < -0.4 is 10.3 Å². The first-order valence-corrected chi connectivity index (χ1v) is 5.50. The van der Waals surface area contributed by atoms with Crippen LogP contribution in [-0.2, 0) is 6.42 Å². The van der Waals surface area contributed by atoms with Crippen molar-refractivity contribution in [3.63, 3.8) is 0 Å². The summed E-state index contributed by atoms with van der Waals surface area (Å²) in [7, 11) is 0. The van der Waals surface area contributed by atoms with Gasteiger partial charge in [0.25, 0.3) is 0 Å². The van der Waals surface area contributed by atoms with Crippen LogP contribution in [0, 0.1) is 0 Å². The summed E-state index contributed by atoms with van der Waals surface area (Å²) in [5.41, 5.74) is 7.23. The third-order valence-electron chi connectivity index (χ3n) is 2.45. The fraction of sp³-hybridized carbons (Fsp3) is 0.583. The first-order valence-electron chi connectivity index (χ1n) is 5.50. The molecule has 0 aliphatic rings. The summed E-state index contributed by atoms with van der Waals surface area (Å²) in [4.78, 5) is 0. The van der Waals surface area contributed by atoms with Crippen molar-refractivity contribution < 1.29 is 4.57 Å². The van der Waals surface area contributed by atoms with E-state index in [4.69, 9.17) is 5.73 Å². The quantitative estimate of drug-likeness (QED) is 0.564. The molecule has 0 saturated carbocycles. The molecule has 1 aromatic heterocycles. The van der Waals surface area contributed by atoms with Crippen LogP contribution in [-0.4, -0.2) is 0 Å². The average Bonchev–Trinajstić information content (AvgIpc) is 2.19. The van der Waals surface area contributed by atoms with E-state index in [0.29, 0.717) is 0 Å². The van der Waals surface area contributed by atoms with Crippen LogP contribution in [0.2, 0.25) is 0 Å². The molecule has 78 valence electrons. The van der Waals surface area contributed by atoms with Gasteiger partial charge < -0.3 is 0 Å². The summed E-state index contributed by atoms with van der Waals surface area (Å²) in [5, 5.41) is 0. The minimum atomic E-state index is 0.0767. The summed E-state index contributed by atoms with van der Waals surface area (Å²) in [6, 6.07) is 6.28. The Morgan fingerprint density at radius 2 is 2.14 bits per heavy atom. The molecule has 0 bridgehead atoms. The van der Waals surface area contributed by atoms with Gasteiger partial charge in [0.15, 0.2) is 11.9 Å². The number of aryl methyl sites for hydroxylation is 1. The SMILES string of the molecule is CCCCCc1cccc[n+]1C(C)N. The van der Waals surface area contributed by atoms with Crippen molar-refractivity contribution >= 4 is 0 Å². The Labute approximate surface area is 86.8 Å². The van der Waals surface area contributed by atoms with Crippen molar-refractivity contribution in [3.05, 3.63) is 30.1 Å². The fourth-order valence-electron chi connectivity index (χ4n) is 1.66. The van der Waals surface area contributed by atoms with E-state index in [0.717, 1.165) is 6.42 Å². The Hall–Kier alpha value is -0.890. The van der Waals surface area contributed by atoms with Gasteiger partial charge >= 0.3 is 0 Å². The molecule has 0 aromatic carbocycles. The van der Waals surface area contributed by atoms with Gasteiger partial charge in [-0.2, -0.15) is 4.57 Å². The van der Waals surface area contributed by atoms with Gasteiger partial charge in [-0.25, -0.2) is 0 Å². The maximum Gasteiger partial charge on any atom is 0.206 e. The van der Waals surface area contributed by atoms with Crippen LogP contribution in [0.5, 0.6) is 0 Å². The van der Waals surface area contributed by atoms with E-state index in [1.807, 2.05) is 13.0 Å². The Bertz CT molecular complexity index is 269. The second kappa shape index (κ2) is 5.76. The Morgan fingerprint density at radius 3 is 2.79 bits per heavy atom. The van der Waals surface area contributed by atoms with E-state index in [-0.39, 0.29) is 6.17 Å². The molecule has 0 saturated heterocycles. The lowest BCUT2D eigenvalue weighted by atomic mass is 10.1. The van der Waals surface area contributed by atoms with Crippen molar-refractivity contribution in [2.75, 3.05) is 0 Å². The first kappa shape index (κ1) is 11.2. The van der Waals surface area contributed by atoms with E-state index in [9.17, 15) is 0 Å². The van der Waals surface area contributed by atoms with Crippen LogP contribution >= 0.6 is 0 Å². The third kappa shape index (κ3) is 3.11. The second-order valence-electron chi connectivity index (χ2n) is 3.80. The van der Waals surface area contributed by atoms with Crippen molar-refractivity contribution in [1.82, 2.24) is 0 Å². The third-order valence-corrected chi connectivity index (χ3v) is 2.45. The molecule has 1 heterocycles. The normalized spacial score (nSPS) is 12.8. The van der Waals surface area contributed by atoms with Crippen molar-refractivity contribution in [2.45, 2.75) is 45.7 Å². The van der Waals surface area contributed by atoms with Crippen LogP contribution in [0.25, 0.3) is 0 Å². The minimum Gasteiger partial charge on any atom is -0.273 e. The number of nitrogens with zero attached hydrogens (tertiary/aromatic N) is 1. The Balaban J connectivity index is 2.64. The molecule has 1 rings (SSSR count). The zero-order chi connectivity index (χ0) is 10.4. The van der Waals surface area contributed by atoms with Crippen LogP contribution in [0.1, 0.15) is 45.0 Å². The molecule has 1 atom stereocenters. The van der Waals surface area contributed by atoms with E-state index in [2.05, 4.69) is 29.8 Å². The van der Waals surface area contributed by atoms with Crippen LogP contribution in [0.15, 0.2) is 24.4 Å². The standard InChI is InChI=1S/C12H21N2/c1-3-4-5-8-12-9-6-7-10-14(12)11(2)13/h6-7,9-11H,3-5,8,13H2,1-2H3/q+1. The predicted octanol–water partition coefficient (Wildman–Crippen LogP) is 2.18. The Morgan fingerprint density at radius 1 is 1.36 bits per heavy atom. The number of rotatable bonds is 5. The highest BCUT2D eigenvalue weighted by atomic mass is 15.1. The lowest BCUT2D eigenvalue weighted by Gasteiger charge is -2.05. The fourth-order valence-corrected chi connectivity index (χ4v) is 1.66. The van der Waals surface area contributed by atoms with E-state index < -0.39 is 0 Å². The van der Waals surface area contributed by atoms with Crippen LogP contribution in [0.4, 0.5) is 0 Å². The topological polar surface area (TPSA) is 29.9 Å². The van der Waals surface area contributed by atoms with Gasteiger partial charge in [0.05, 0.1) is 0 Å². The number of hydrogen-bond donors (Lipinski definition) is 1. The zero-order valence-corrected chi connectivity index (χ0v) is 9.24. The average molecular weight is 193 g/mol. The first-order chi connectivity index (χ1) is 6.75. The van der Waals surface area contributed by atoms with Gasteiger partial charge in [-0.15, -0.1) is 0 Å². The van der Waals surface area contributed by atoms with Gasteiger partial charge in [0.2, 0.25) is 6.17 Å². The molecule has 0 radical (unpaired) electrons. The number of aromatic nitrogens is 1. The highest BCUT2D eigenvalue weighted by Gasteiger charge is 2.12. The summed E-state index contributed by atoms with van der Waals surface area (Å²) in [5.74, 6) is 0. The highest BCUT2D eigenvalue weighted by Crippen LogP contribution is 2.03. The van der Waals surface area contributed by atoms with Gasteiger partial charge in [0, 0.05) is 25.5 Å².